The smallest absolute Gasteiger partial charge is 0.335 e. The zero-order valence-corrected chi connectivity index (χ0v) is 9.48. The minimum atomic E-state index is -1.03. The van der Waals surface area contributed by atoms with Gasteiger partial charge >= 0.3 is 5.97 Å². The average molecular weight is 249 g/mol. The summed E-state index contributed by atoms with van der Waals surface area (Å²) in [4.78, 5) is 10.9. The fraction of sp³-hybridized carbons (Fsp3) is 0. The van der Waals surface area contributed by atoms with E-state index < -0.39 is 5.97 Å². The Morgan fingerprint density at radius 3 is 2.41 bits per heavy atom. The van der Waals surface area contributed by atoms with Gasteiger partial charge in [0.05, 0.1) is 5.56 Å². The van der Waals surface area contributed by atoms with Crippen molar-refractivity contribution < 1.29 is 15.0 Å². The van der Waals surface area contributed by atoms with Gasteiger partial charge < -0.3 is 10.2 Å². The molecule has 0 aliphatic heterocycles. The van der Waals surface area contributed by atoms with Gasteiger partial charge in [-0.05, 0) is 24.3 Å². The lowest BCUT2D eigenvalue weighted by atomic mass is 10.0. The first-order chi connectivity index (χ1) is 8.09. The molecule has 0 heterocycles. The van der Waals surface area contributed by atoms with E-state index in [0.717, 1.165) is 0 Å². The van der Waals surface area contributed by atoms with E-state index in [2.05, 4.69) is 0 Å². The number of aromatic hydroxyl groups is 1. The van der Waals surface area contributed by atoms with Gasteiger partial charge in [0.2, 0.25) is 0 Å². The summed E-state index contributed by atoms with van der Waals surface area (Å²) < 4.78 is 0. The van der Waals surface area contributed by atoms with Crippen molar-refractivity contribution >= 4 is 17.6 Å². The predicted molar refractivity (Wildman–Crippen MR) is 65.5 cm³/mol. The van der Waals surface area contributed by atoms with Crippen molar-refractivity contribution in [2.75, 3.05) is 0 Å². The quantitative estimate of drug-likeness (QED) is 0.856. The van der Waals surface area contributed by atoms with Gasteiger partial charge in [-0.2, -0.15) is 0 Å². The number of carbonyl (C=O) groups is 1. The monoisotopic (exact) mass is 248 g/mol. The van der Waals surface area contributed by atoms with Crippen LogP contribution in [0.25, 0.3) is 11.1 Å². The van der Waals surface area contributed by atoms with E-state index in [-0.39, 0.29) is 11.3 Å². The maximum absolute atomic E-state index is 10.9. The van der Waals surface area contributed by atoms with Gasteiger partial charge in [0.15, 0.2) is 0 Å². The molecule has 2 rings (SSSR count). The third kappa shape index (κ3) is 2.24. The molecule has 17 heavy (non-hydrogen) atoms. The fourth-order valence-electron chi connectivity index (χ4n) is 1.57. The summed E-state index contributed by atoms with van der Waals surface area (Å²) in [6, 6.07) is 11.0. The predicted octanol–water partition coefficient (Wildman–Crippen LogP) is 3.41. The summed E-state index contributed by atoms with van der Waals surface area (Å²) in [5.74, 6) is -0.963. The van der Waals surface area contributed by atoms with Crippen molar-refractivity contribution in [2.24, 2.45) is 0 Å². The van der Waals surface area contributed by atoms with E-state index in [0.29, 0.717) is 16.1 Å². The number of rotatable bonds is 2. The summed E-state index contributed by atoms with van der Waals surface area (Å²) in [5, 5.41) is 19.0. The van der Waals surface area contributed by atoms with Crippen molar-refractivity contribution in [2.45, 2.75) is 0 Å². The second-order valence-electron chi connectivity index (χ2n) is 3.52. The SMILES string of the molecule is O=C(O)c1ccc(Cl)c(-c2ccccc2O)c1. The number of halogens is 1. The zero-order chi connectivity index (χ0) is 12.4. The molecule has 2 aromatic carbocycles. The van der Waals surface area contributed by atoms with Crippen molar-refractivity contribution in [3.63, 3.8) is 0 Å². The molecular formula is C13H9ClO3. The van der Waals surface area contributed by atoms with Crippen LogP contribution in [0.5, 0.6) is 5.75 Å². The van der Waals surface area contributed by atoms with Crippen LogP contribution >= 0.6 is 11.6 Å². The van der Waals surface area contributed by atoms with Crippen molar-refractivity contribution in [1.82, 2.24) is 0 Å². The van der Waals surface area contributed by atoms with Crippen molar-refractivity contribution in [1.29, 1.82) is 0 Å². The molecule has 2 N–H and O–H groups in total. The van der Waals surface area contributed by atoms with Gasteiger partial charge in [-0.15, -0.1) is 0 Å². The van der Waals surface area contributed by atoms with Gasteiger partial charge in [-0.3, -0.25) is 0 Å². The lowest BCUT2D eigenvalue weighted by Gasteiger charge is -2.07. The van der Waals surface area contributed by atoms with E-state index in [9.17, 15) is 9.90 Å². The molecule has 0 aliphatic carbocycles. The Morgan fingerprint density at radius 2 is 1.76 bits per heavy atom. The molecule has 0 aliphatic rings. The molecule has 86 valence electrons. The highest BCUT2D eigenvalue weighted by molar-refractivity contribution is 6.33. The van der Waals surface area contributed by atoms with Crippen LogP contribution in [0.2, 0.25) is 5.02 Å². The molecule has 0 radical (unpaired) electrons. The first-order valence-electron chi connectivity index (χ1n) is 4.91. The first-order valence-corrected chi connectivity index (χ1v) is 5.28. The Bertz CT molecular complexity index is 579. The second-order valence-corrected chi connectivity index (χ2v) is 3.92. The molecule has 3 nitrogen and oxygen atoms in total. The van der Waals surface area contributed by atoms with Gasteiger partial charge in [0.1, 0.15) is 5.75 Å². The number of aromatic carboxylic acids is 1. The number of carboxylic acids is 1. The Kier molecular flexibility index (Phi) is 3.02. The molecule has 0 saturated heterocycles. The first kappa shape index (κ1) is 11.5. The highest BCUT2D eigenvalue weighted by Gasteiger charge is 2.11. The summed E-state index contributed by atoms with van der Waals surface area (Å²) in [6.07, 6.45) is 0. The molecule has 0 saturated carbocycles. The van der Waals surface area contributed by atoms with Crippen LogP contribution in [0.15, 0.2) is 42.5 Å². The summed E-state index contributed by atoms with van der Waals surface area (Å²) in [7, 11) is 0. The largest absolute Gasteiger partial charge is 0.507 e. The average Bonchev–Trinajstić information content (AvgIpc) is 2.30. The topological polar surface area (TPSA) is 57.5 Å². The van der Waals surface area contributed by atoms with Crippen LogP contribution in [-0.4, -0.2) is 16.2 Å². The number of carboxylic acid groups (broad SMARTS) is 1. The molecule has 0 aromatic heterocycles. The number of hydrogen-bond acceptors (Lipinski definition) is 2. The van der Waals surface area contributed by atoms with Gasteiger partial charge in [0, 0.05) is 16.1 Å². The number of para-hydroxylation sites is 1. The third-order valence-electron chi connectivity index (χ3n) is 2.41. The molecule has 0 fully saturated rings. The van der Waals surface area contributed by atoms with Crippen molar-refractivity contribution in [3.8, 4) is 16.9 Å². The minimum Gasteiger partial charge on any atom is -0.507 e. The number of phenolic OH excluding ortho intramolecular Hbond substituents is 1. The van der Waals surface area contributed by atoms with Gasteiger partial charge in [-0.25, -0.2) is 4.79 Å². The van der Waals surface area contributed by atoms with Crippen LogP contribution in [-0.2, 0) is 0 Å². The van der Waals surface area contributed by atoms with Gasteiger partial charge in [0.25, 0.3) is 0 Å². The van der Waals surface area contributed by atoms with E-state index in [1.807, 2.05) is 0 Å². The standard InChI is InChI=1S/C13H9ClO3/c14-11-6-5-8(13(16)17)7-10(11)9-3-1-2-4-12(9)15/h1-7,15H,(H,16,17). The summed E-state index contributed by atoms with van der Waals surface area (Å²) in [5.41, 5.74) is 1.15. The number of hydrogen-bond donors (Lipinski definition) is 2. The van der Waals surface area contributed by atoms with Crippen LogP contribution in [0.4, 0.5) is 0 Å². The zero-order valence-electron chi connectivity index (χ0n) is 8.72. The lowest BCUT2D eigenvalue weighted by Crippen LogP contribution is -1.96. The van der Waals surface area contributed by atoms with Crippen LogP contribution < -0.4 is 0 Å². The summed E-state index contributed by atoms with van der Waals surface area (Å²) in [6.45, 7) is 0. The Labute approximate surface area is 103 Å². The van der Waals surface area contributed by atoms with E-state index in [1.165, 1.54) is 24.3 Å². The van der Waals surface area contributed by atoms with Gasteiger partial charge in [-0.1, -0.05) is 29.8 Å². The summed E-state index contributed by atoms with van der Waals surface area (Å²) >= 11 is 6.00. The normalized spacial score (nSPS) is 10.2. The maximum Gasteiger partial charge on any atom is 0.335 e. The second kappa shape index (κ2) is 4.47. The Morgan fingerprint density at radius 1 is 1.06 bits per heavy atom. The van der Waals surface area contributed by atoms with Crippen LogP contribution in [0, 0.1) is 0 Å². The maximum atomic E-state index is 10.9. The van der Waals surface area contributed by atoms with E-state index >= 15 is 0 Å². The molecule has 0 unspecified atom stereocenters. The van der Waals surface area contributed by atoms with Crippen LogP contribution in [0.1, 0.15) is 10.4 Å². The Balaban J connectivity index is 2.63. The molecule has 0 atom stereocenters. The molecule has 2 aromatic rings. The van der Waals surface area contributed by atoms with Crippen LogP contribution in [0.3, 0.4) is 0 Å². The minimum absolute atomic E-state index is 0.0666. The molecule has 0 amide bonds. The fourth-order valence-corrected chi connectivity index (χ4v) is 1.79. The number of phenols is 1. The third-order valence-corrected chi connectivity index (χ3v) is 2.74. The molecule has 0 spiro atoms. The van der Waals surface area contributed by atoms with Crippen molar-refractivity contribution in [3.05, 3.63) is 53.1 Å². The van der Waals surface area contributed by atoms with E-state index in [1.54, 1.807) is 18.2 Å². The highest BCUT2D eigenvalue weighted by Crippen LogP contribution is 2.34. The number of benzene rings is 2. The molecule has 0 bridgehead atoms. The molecule has 4 heteroatoms. The van der Waals surface area contributed by atoms with E-state index in [4.69, 9.17) is 16.7 Å². The highest BCUT2D eigenvalue weighted by atomic mass is 35.5. The Hall–Kier alpha value is -2.00. The lowest BCUT2D eigenvalue weighted by molar-refractivity contribution is 0.0697. The molecular weight excluding hydrogens is 240 g/mol.